The van der Waals surface area contributed by atoms with Crippen LogP contribution in [0.2, 0.25) is 0 Å². The molecule has 0 unspecified atom stereocenters. The SMILES string of the molecule is CN1OC[C@H](S(=O)(=O)NC[C@@H]2CCCO2)[C@@H]1c1cccc(OCc2ccccc2)c1. The van der Waals surface area contributed by atoms with Gasteiger partial charge in [-0.3, -0.25) is 4.84 Å². The van der Waals surface area contributed by atoms with Crippen molar-refractivity contribution in [2.45, 2.75) is 36.8 Å². The molecule has 1 N–H and O–H groups in total. The molecule has 0 aliphatic carbocycles. The number of hydroxylamine groups is 2. The molecule has 3 atom stereocenters. The van der Waals surface area contributed by atoms with Gasteiger partial charge >= 0.3 is 0 Å². The summed E-state index contributed by atoms with van der Waals surface area (Å²) in [5, 5.41) is 0.903. The molecule has 7 nitrogen and oxygen atoms in total. The Morgan fingerprint density at radius 3 is 2.77 bits per heavy atom. The zero-order valence-corrected chi connectivity index (χ0v) is 17.9. The number of benzene rings is 2. The Labute approximate surface area is 177 Å². The first-order valence-electron chi connectivity index (χ1n) is 10.3. The lowest BCUT2D eigenvalue weighted by atomic mass is 10.0. The molecule has 0 amide bonds. The van der Waals surface area contributed by atoms with E-state index in [4.69, 9.17) is 14.3 Å². The van der Waals surface area contributed by atoms with Gasteiger partial charge in [-0.15, -0.1) is 0 Å². The Bertz CT molecular complexity index is 932. The fourth-order valence-corrected chi connectivity index (χ4v) is 5.47. The highest BCUT2D eigenvalue weighted by molar-refractivity contribution is 7.90. The predicted octanol–water partition coefficient (Wildman–Crippen LogP) is 2.65. The third-order valence-electron chi connectivity index (χ3n) is 5.57. The smallest absolute Gasteiger partial charge is 0.218 e. The molecule has 0 spiro atoms. The van der Waals surface area contributed by atoms with Gasteiger partial charge in [0.1, 0.15) is 17.6 Å². The summed E-state index contributed by atoms with van der Waals surface area (Å²) in [6.07, 6.45) is 1.81. The fourth-order valence-electron chi connectivity index (χ4n) is 3.93. The number of nitrogens with one attached hydrogen (secondary N) is 1. The van der Waals surface area contributed by atoms with Crippen molar-refractivity contribution in [1.82, 2.24) is 9.79 Å². The summed E-state index contributed by atoms with van der Waals surface area (Å²) in [5.41, 5.74) is 1.91. The van der Waals surface area contributed by atoms with Gasteiger partial charge in [0.05, 0.1) is 18.8 Å². The lowest BCUT2D eigenvalue weighted by Crippen LogP contribution is -2.42. The van der Waals surface area contributed by atoms with Gasteiger partial charge in [-0.25, -0.2) is 13.1 Å². The number of sulfonamides is 1. The van der Waals surface area contributed by atoms with Crippen LogP contribution in [0.4, 0.5) is 0 Å². The van der Waals surface area contributed by atoms with Crippen molar-refractivity contribution in [3.63, 3.8) is 0 Å². The van der Waals surface area contributed by atoms with Gasteiger partial charge in [0.25, 0.3) is 0 Å². The van der Waals surface area contributed by atoms with E-state index in [0.717, 1.165) is 24.0 Å². The van der Waals surface area contributed by atoms with Crippen LogP contribution in [0.1, 0.15) is 30.0 Å². The van der Waals surface area contributed by atoms with Crippen LogP contribution in [-0.2, 0) is 26.2 Å². The van der Waals surface area contributed by atoms with Crippen LogP contribution < -0.4 is 9.46 Å². The van der Waals surface area contributed by atoms with E-state index >= 15 is 0 Å². The Hall–Kier alpha value is -1.97. The molecule has 162 valence electrons. The Morgan fingerprint density at radius 2 is 2.00 bits per heavy atom. The van der Waals surface area contributed by atoms with Crippen molar-refractivity contribution in [2.75, 3.05) is 26.8 Å². The van der Waals surface area contributed by atoms with Gasteiger partial charge in [-0.05, 0) is 36.1 Å². The van der Waals surface area contributed by atoms with Crippen LogP contribution in [0.3, 0.4) is 0 Å². The summed E-state index contributed by atoms with van der Waals surface area (Å²) in [5.74, 6) is 0.695. The molecule has 2 saturated heterocycles. The standard InChI is InChI=1S/C22H28N2O5S/c1-24-22(21(16-29-24)30(25,26)23-14-20-11-6-12-27-20)18-9-5-10-19(13-18)28-15-17-7-3-2-4-8-17/h2-5,7-10,13,20-23H,6,11-12,14-16H2,1H3/t20-,21-,22-/m0/s1. The Morgan fingerprint density at radius 1 is 1.17 bits per heavy atom. The third-order valence-corrected chi connectivity index (χ3v) is 7.33. The minimum atomic E-state index is -3.58. The maximum atomic E-state index is 13.0. The van der Waals surface area contributed by atoms with E-state index in [2.05, 4.69) is 4.72 Å². The van der Waals surface area contributed by atoms with Crippen LogP contribution in [-0.4, -0.2) is 51.6 Å². The van der Waals surface area contributed by atoms with Gasteiger partial charge < -0.3 is 9.47 Å². The van der Waals surface area contributed by atoms with Crippen molar-refractivity contribution >= 4 is 10.0 Å². The van der Waals surface area contributed by atoms with Gasteiger partial charge in [0.15, 0.2) is 0 Å². The molecule has 2 aliphatic heterocycles. The molecule has 0 radical (unpaired) electrons. The number of hydrogen-bond donors (Lipinski definition) is 1. The third kappa shape index (κ3) is 5.01. The summed E-state index contributed by atoms with van der Waals surface area (Å²) in [6, 6.07) is 17.1. The van der Waals surface area contributed by atoms with E-state index in [1.165, 1.54) is 0 Å². The fraction of sp³-hybridized carbons (Fsp3) is 0.455. The van der Waals surface area contributed by atoms with E-state index in [9.17, 15) is 8.42 Å². The highest BCUT2D eigenvalue weighted by Crippen LogP contribution is 2.34. The summed E-state index contributed by atoms with van der Waals surface area (Å²) < 4.78 is 40.2. The molecule has 0 aromatic heterocycles. The molecule has 4 rings (SSSR count). The van der Waals surface area contributed by atoms with Crippen molar-refractivity contribution in [1.29, 1.82) is 0 Å². The van der Waals surface area contributed by atoms with Gasteiger partial charge in [-0.2, -0.15) is 5.06 Å². The maximum absolute atomic E-state index is 13.0. The number of ether oxygens (including phenoxy) is 2. The summed E-state index contributed by atoms with van der Waals surface area (Å²) in [4.78, 5) is 5.60. The Balaban J connectivity index is 1.46. The number of rotatable bonds is 8. The molecular formula is C22H28N2O5S. The minimum absolute atomic E-state index is 0.0482. The maximum Gasteiger partial charge on any atom is 0.218 e. The number of hydrogen-bond acceptors (Lipinski definition) is 6. The largest absolute Gasteiger partial charge is 0.489 e. The van der Waals surface area contributed by atoms with E-state index in [-0.39, 0.29) is 12.7 Å². The minimum Gasteiger partial charge on any atom is -0.489 e. The highest BCUT2D eigenvalue weighted by Gasteiger charge is 2.43. The normalized spacial score (nSPS) is 24.9. The highest BCUT2D eigenvalue weighted by atomic mass is 32.2. The monoisotopic (exact) mass is 432 g/mol. The van der Waals surface area contributed by atoms with Crippen molar-refractivity contribution in [3.05, 3.63) is 65.7 Å². The van der Waals surface area contributed by atoms with E-state index < -0.39 is 21.3 Å². The molecule has 2 fully saturated rings. The van der Waals surface area contributed by atoms with E-state index in [1.807, 2.05) is 54.6 Å². The molecule has 2 heterocycles. The number of nitrogens with zero attached hydrogens (tertiary/aromatic N) is 1. The predicted molar refractivity (Wildman–Crippen MR) is 113 cm³/mol. The van der Waals surface area contributed by atoms with Crippen LogP contribution >= 0.6 is 0 Å². The molecular weight excluding hydrogens is 404 g/mol. The lowest BCUT2D eigenvalue weighted by Gasteiger charge is -2.24. The van der Waals surface area contributed by atoms with E-state index in [0.29, 0.717) is 25.5 Å². The molecule has 0 saturated carbocycles. The first-order chi connectivity index (χ1) is 14.5. The summed E-state index contributed by atoms with van der Waals surface area (Å²) in [6.45, 7) is 1.55. The zero-order chi connectivity index (χ0) is 21.0. The summed E-state index contributed by atoms with van der Waals surface area (Å²) in [7, 11) is -1.82. The molecule has 2 aliphatic rings. The second kappa shape index (κ2) is 9.45. The molecule has 2 aromatic rings. The second-order valence-electron chi connectivity index (χ2n) is 7.70. The van der Waals surface area contributed by atoms with Crippen molar-refractivity contribution < 1.29 is 22.7 Å². The first-order valence-corrected chi connectivity index (χ1v) is 11.8. The van der Waals surface area contributed by atoms with Crippen LogP contribution in [0, 0.1) is 0 Å². The quantitative estimate of drug-likeness (QED) is 0.691. The molecule has 0 bridgehead atoms. The molecule has 8 heteroatoms. The van der Waals surface area contributed by atoms with Gasteiger partial charge in [0.2, 0.25) is 10.0 Å². The van der Waals surface area contributed by atoms with Crippen LogP contribution in [0.5, 0.6) is 5.75 Å². The summed E-state index contributed by atoms with van der Waals surface area (Å²) >= 11 is 0. The molecule has 30 heavy (non-hydrogen) atoms. The Kier molecular flexibility index (Phi) is 6.70. The lowest BCUT2D eigenvalue weighted by molar-refractivity contribution is -0.110. The van der Waals surface area contributed by atoms with Crippen LogP contribution in [0.25, 0.3) is 0 Å². The van der Waals surface area contributed by atoms with Crippen molar-refractivity contribution in [3.8, 4) is 5.75 Å². The second-order valence-corrected chi connectivity index (χ2v) is 9.68. The molecule has 2 aromatic carbocycles. The first kappa shape index (κ1) is 21.3. The topological polar surface area (TPSA) is 77.1 Å². The zero-order valence-electron chi connectivity index (χ0n) is 17.1. The average Bonchev–Trinajstić information content (AvgIpc) is 3.42. The van der Waals surface area contributed by atoms with Crippen LogP contribution in [0.15, 0.2) is 54.6 Å². The van der Waals surface area contributed by atoms with Gasteiger partial charge in [-0.1, -0.05) is 42.5 Å². The van der Waals surface area contributed by atoms with E-state index in [1.54, 1.807) is 12.1 Å². The average molecular weight is 433 g/mol. The van der Waals surface area contributed by atoms with Crippen molar-refractivity contribution in [2.24, 2.45) is 0 Å². The van der Waals surface area contributed by atoms with Gasteiger partial charge in [0, 0.05) is 20.2 Å².